The summed E-state index contributed by atoms with van der Waals surface area (Å²) in [6.45, 7) is 2.12. The molecule has 0 spiro atoms. The maximum Gasteiger partial charge on any atom is 0.323 e. The van der Waals surface area contributed by atoms with Crippen LogP contribution in [0.5, 0.6) is 5.75 Å². The van der Waals surface area contributed by atoms with Crippen LogP contribution in [0.15, 0.2) is 48.5 Å². The zero-order chi connectivity index (χ0) is 20.1. The lowest BCUT2D eigenvalue weighted by Crippen LogP contribution is -2.30. The Bertz CT molecular complexity index is 920. The minimum absolute atomic E-state index is 0.196. The summed E-state index contributed by atoms with van der Waals surface area (Å²) in [4.78, 5) is 24.7. The van der Waals surface area contributed by atoms with E-state index in [1.807, 2.05) is 55.5 Å². The van der Waals surface area contributed by atoms with Crippen molar-refractivity contribution in [3.05, 3.63) is 65.2 Å². The normalized spacial score (nSPS) is 16.3. The summed E-state index contributed by atoms with van der Waals surface area (Å²) in [7, 11) is 2.55. The van der Waals surface area contributed by atoms with E-state index in [1.54, 1.807) is 0 Å². The molecule has 1 aliphatic carbocycles. The maximum absolute atomic E-state index is 12.3. The molecule has 0 N–H and O–H groups in total. The van der Waals surface area contributed by atoms with Crippen LogP contribution in [0.2, 0.25) is 0 Å². The van der Waals surface area contributed by atoms with Gasteiger partial charge < -0.3 is 14.2 Å². The van der Waals surface area contributed by atoms with Gasteiger partial charge in [-0.25, -0.2) is 0 Å². The molecule has 0 amide bonds. The van der Waals surface area contributed by atoms with Crippen LogP contribution in [0.3, 0.4) is 0 Å². The molecule has 1 atom stereocenters. The third-order valence-corrected chi connectivity index (χ3v) is 5.00. The van der Waals surface area contributed by atoms with E-state index >= 15 is 0 Å². The van der Waals surface area contributed by atoms with Crippen molar-refractivity contribution >= 4 is 11.9 Å². The van der Waals surface area contributed by atoms with E-state index < -0.39 is 17.4 Å². The minimum atomic E-state index is -1.30. The molecule has 5 nitrogen and oxygen atoms in total. The zero-order valence-corrected chi connectivity index (χ0v) is 16.2. The van der Waals surface area contributed by atoms with Gasteiger partial charge in [0.05, 0.1) is 14.2 Å². The first kappa shape index (κ1) is 19.5. The highest BCUT2D eigenvalue weighted by atomic mass is 16.5. The first-order chi connectivity index (χ1) is 13.5. The van der Waals surface area contributed by atoms with Gasteiger partial charge >= 0.3 is 11.9 Å². The monoisotopic (exact) mass is 378 g/mol. The summed E-state index contributed by atoms with van der Waals surface area (Å²) < 4.78 is 15.6. The molecule has 3 rings (SSSR count). The Kier molecular flexibility index (Phi) is 5.70. The summed E-state index contributed by atoms with van der Waals surface area (Å²) in [5.41, 5.74) is 1.37. The third kappa shape index (κ3) is 3.59. The van der Waals surface area contributed by atoms with E-state index in [0.29, 0.717) is 12.2 Å². The fourth-order valence-corrected chi connectivity index (χ4v) is 3.51. The minimum Gasteiger partial charge on any atom is -0.481 e. The summed E-state index contributed by atoms with van der Waals surface area (Å²) >= 11 is 0. The van der Waals surface area contributed by atoms with Gasteiger partial charge in [-0.2, -0.15) is 0 Å². The van der Waals surface area contributed by atoms with Crippen LogP contribution in [-0.4, -0.2) is 32.8 Å². The molecular weight excluding hydrogens is 356 g/mol. The first-order valence-electron chi connectivity index (χ1n) is 8.97. The smallest absolute Gasteiger partial charge is 0.323 e. The number of carbonyl (C=O) groups excluding carboxylic acids is 2. The van der Waals surface area contributed by atoms with Gasteiger partial charge in [0, 0.05) is 17.0 Å². The number of hydrogen-bond donors (Lipinski definition) is 0. The number of esters is 2. The summed E-state index contributed by atoms with van der Waals surface area (Å²) in [6, 6.07) is 15.3. The standard InChI is InChI=1S/C23H22O5/c1-16-9-7-13-19(28-14-8-12-17-10-5-4-6-11-17)20(16)18-15-23(18,21(24)26-2)22(25)27-3/h4-7,9-11,13,18H,14-15H2,1-3H3. The van der Waals surface area contributed by atoms with Crippen molar-refractivity contribution in [1.29, 1.82) is 0 Å². The Morgan fingerprint density at radius 3 is 2.36 bits per heavy atom. The van der Waals surface area contributed by atoms with Crippen LogP contribution in [-0.2, 0) is 19.1 Å². The molecule has 28 heavy (non-hydrogen) atoms. The molecule has 1 aliphatic rings. The largest absolute Gasteiger partial charge is 0.481 e. The molecule has 0 bridgehead atoms. The van der Waals surface area contributed by atoms with Gasteiger partial charge in [0.15, 0.2) is 5.41 Å². The molecule has 5 heteroatoms. The third-order valence-electron chi connectivity index (χ3n) is 5.00. The molecule has 0 aliphatic heterocycles. The lowest BCUT2D eigenvalue weighted by molar-refractivity contribution is -0.161. The van der Waals surface area contributed by atoms with Crippen LogP contribution < -0.4 is 4.74 Å². The van der Waals surface area contributed by atoms with Crippen molar-refractivity contribution in [2.45, 2.75) is 19.3 Å². The molecular formula is C23H22O5. The fourth-order valence-electron chi connectivity index (χ4n) is 3.51. The highest BCUT2D eigenvalue weighted by molar-refractivity contribution is 6.05. The molecule has 0 aromatic heterocycles. The summed E-state index contributed by atoms with van der Waals surface area (Å²) in [6.07, 6.45) is 0.337. The fraction of sp³-hybridized carbons (Fsp3) is 0.304. The Hall–Kier alpha value is -3.26. The molecule has 0 heterocycles. The van der Waals surface area contributed by atoms with Crippen LogP contribution in [0.4, 0.5) is 0 Å². The van der Waals surface area contributed by atoms with Crippen LogP contribution in [0, 0.1) is 24.2 Å². The second kappa shape index (κ2) is 8.18. The maximum atomic E-state index is 12.3. The van der Waals surface area contributed by atoms with Crippen molar-refractivity contribution in [2.75, 3.05) is 20.8 Å². The van der Waals surface area contributed by atoms with Crippen molar-refractivity contribution < 1.29 is 23.8 Å². The van der Waals surface area contributed by atoms with Gasteiger partial charge in [-0.05, 0) is 37.1 Å². The molecule has 1 unspecified atom stereocenters. The highest BCUT2D eigenvalue weighted by Crippen LogP contribution is 2.63. The van der Waals surface area contributed by atoms with Crippen molar-refractivity contribution in [3.63, 3.8) is 0 Å². The average molecular weight is 378 g/mol. The van der Waals surface area contributed by atoms with Gasteiger partial charge in [0.25, 0.3) is 0 Å². The lowest BCUT2D eigenvalue weighted by atomic mass is 9.95. The highest BCUT2D eigenvalue weighted by Gasteiger charge is 2.69. The van der Waals surface area contributed by atoms with Crippen LogP contribution in [0.1, 0.15) is 29.0 Å². The Balaban J connectivity index is 1.83. The molecule has 2 aromatic rings. The number of rotatable bonds is 5. The SMILES string of the molecule is COC(=O)C1(C(=O)OC)CC1c1c(C)cccc1OCC#Cc1ccccc1. The van der Waals surface area contributed by atoms with Gasteiger partial charge in [0.1, 0.15) is 12.4 Å². The number of ether oxygens (including phenoxy) is 3. The van der Waals surface area contributed by atoms with Gasteiger partial charge in [-0.3, -0.25) is 9.59 Å². The number of benzene rings is 2. The average Bonchev–Trinajstić information content (AvgIpc) is 3.47. The number of methoxy groups -OCH3 is 2. The van der Waals surface area contributed by atoms with E-state index in [2.05, 4.69) is 11.8 Å². The molecule has 2 aromatic carbocycles. The topological polar surface area (TPSA) is 61.8 Å². The first-order valence-corrected chi connectivity index (χ1v) is 8.97. The number of hydrogen-bond acceptors (Lipinski definition) is 5. The number of aryl methyl sites for hydroxylation is 1. The molecule has 1 fully saturated rings. The van der Waals surface area contributed by atoms with E-state index in [4.69, 9.17) is 14.2 Å². The van der Waals surface area contributed by atoms with Crippen molar-refractivity contribution in [2.24, 2.45) is 5.41 Å². The number of carbonyl (C=O) groups is 2. The van der Waals surface area contributed by atoms with Gasteiger partial charge in [0.2, 0.25) is 0 Å². The second-order valence-electron chi connectivity index (χ2n) is 6.65. The summed E-state index contributed by atoms with van der Waals surface area (Å²) in [5, 5.41) is 0. The Morgan fingerprint density at radius 1 is 1.04 bits per heavy atom. The second-order valence-corrected chi connectivity index (χ2v) is 6.65. The quantitative estimate of drug-likeness (QED) is 0.454. The predicted molar refractivity (Wildman–Crippen MR) is 104 cm³/mol. The van der Waals surface area contributed by atoms with Crippen LogP contribution in [0.25, 0.3) is 0 Å². The van der Waals surface area contributed by atoms with Gasteiger partial charge in [-0.1, -0.05) is 42.2 Å². The molecule has 144 valence electrons. The van der Waals surface area contributed by atoms with E-state index in [0.717, 1.165) is 16.7 Å². The van der Waals surface area contributed by atoms with Crippen LogP contribution >= 0.6 is 0 Å². The Morgan fingerprint density at radius 2 is 1.71 bits per heavy atom. The zero-order valence-electron chi connectivity index (χ0n) is 16.2. The summed E-state index contributed by atoms with van der Waals surface area (Å²) in [5.74, 6) is 5.14. The van der Waals surface area contributed by atoms with E-state index in [1.165, 1.54) is 14.2 Å². The van der Waals surface area contributed by atoms with Gasteiger partial charge in [-0.15, -0.1) is 0 Å². The van der Waals surface area contributed by atoms with Crippen molar-refractivity contribution in [1.82, 2.24) is 0 Å². The Labute approximate surface area is 164 Å². The van der Waals surface area contributed by atoms with Crippen molar-refractivity contribution in [3.8, 4) is 17.6 Å². The molecule has 0 saturated heterocycles. The molecule has 1 saturated carbocycles. The lowest BCUT2D eigenvalue weighted by Gasteiger charge is -2.16. The predicted octanol–water partition coefficient (Wildman–Crippen LogP) is 3.25. The van der Waals surface area contributed by atoms with E-state index in [-0.39, 0.29) is 12.5 Å². The molecule has 0 radical (unpaired) electrons. The van der Waals surface area contributed by atoms with E-state index in [9.17, 15) is 9.59 Å².